The minimum Gasteiger partial charge on any atom is -0.396 e. The highest BCUT2D eigenvalue weighted by molar-refractivity contribution is 5.67. The third-order valence-corrected chi connectivity index (χ3v) is 2.19. The van der Waals surface area contributed by atoms with Crippen molar-refractivity contribution in [3.05, 3.63) is 53.8 Å². The molecule has 0 saturated carbocycles. The lowest BCUT2D eigenvalue weighted by Crippen LogP contribution is -1.91. The maximum absolute atomic E-state index is 12.9. The summed E-state index contributed by atoms with van der Waals surface area (Å²) in [6.45, 7) is 0. The van der Waals surface area contributed by atoms with E-state index in [2.05, 4.69) is 0 Å². The number of anilines is 1. The Kier molecular flexibility index (Phi) is 2.56. The summed E-state index contributed by atoms with van der Waals surface area (Å²) < 4.78 is 38.8. The van der Waals surface area contributed by atoms with Crippen LogP contribution in [0.15, 0.2) is 36.4 Å². The first kappa shape index (κ1) is 10.5. The van der Waals surface area contributed by atoms with Crippen molar-refractivity contribution in [2.75, 3.05) is 5.73 Å². The fourth-order valence-corrected chi connectivity index (χ4v) is 1.44. The Balaban J connectivity index is 2.54. The summed E-state index contributed by atoms with van der Waals surface area (Å²) >= 11 is 0. The Hall–Kier alpha value is -1.97. The van der Waals surface area contributed by atoms with Crippen LogP contribution < -0.4 is 5.73 Å². The number of hydrogen-bond donors (Lipinski definition) is 1. The molecule has 0 aliphatic rings. The molecule has 0 spiro atoms. The van der Waals surface area contributed by atoms with E-state index in [1.807, 2.05) is 0 Å². The first-order chi connectivity index (χ1) is 7.56. The zero-order chi connectivity index (χ0) is 11.7. The number of rotatable bonds is 1. The van der Waals surface area contributed by atoms with Gasteiger partial charge < -0.3 is 5.73 Å². The molecule has 1 nitrogen and oxygen atoms in total. The SMILES string of the molecule is Nc1cc(-c2cc(F)cc(F)c2)ccc1F. The molecule has 0 radical (unpaired) electrons. The number of hydrogen-bond acceptors (Lipinski definition) is 1. The van der Waals surface area contributed by atoms with Crippen molar-refractivity contribution in [3.8, 4) is 11.1 Å². The highest BCUT2D eigenvalue weighted by atomic mass is 19.1. The number of benzene rings is 2. The van der Waals surface area contributed by atoms with E-state index in [1.165, 1.54) is 12.1 Å². The van der Waals surface area contributed by atoms with Crippen molar-refractivity contribution < 1.29 is 13.2 Å². The predicted molar refractivity (Wildman–Crippen MR) is 56.2 cm³/mol. The molecule has 2 aromatic rings. The van der Waals surface area contributed by atoms with Crippen molar-refractivity contribution in [3.63, 3.8) is 0 Å². The molecule has 0 atom stereocenters. The quantitative estimate of drug-likeness (QED) is 0.737. The number of halogens is 3. The number of nitrogens with two attached hydrogens (primary N) is 1. The lowest BCUT2D eigenvalue weighted by Gasteiger charge is -2.04. The summed E-state index contributed by atoms with van der Waals surface area (Å²) in [5, 5.41) is 0. The predicted octanol–water partition coefficient (Wildman–Crippen LogP) is 3.35. The van der Waals surface area contributed by atoms with Gasteiger partial charge in [0.1, 0.15) is 17.5 Å². The second kappa shape index (κ2) is 3.89. The monoisotopic (exact) mass is 223 g/mol. The van der Waals surface area contributed by atoms with E-state index < -0.39 is 17.5 Å². The third-order valence-electron chi connectivity index (χ3n) is 2.19. The summed E-state index contributed by atoms with van der Waals surface area (Å²) in [6.07, 6.45) is 0. The molecule has 0 unspecified atom stereocenters. The van der Waals surface area contributed by atoms with Gasteiger partial charge >= 0.3 is 0 Å². The molecular weight excluding hydrogens is 215 g/mol. The summed E-state index contributed by atoms with van der Waals surface area (Å²) in [6, 6.07) is 7.01. The fourth-order valence-electron chi connectivity index (χ4n) is 1.44. The van der Waals surface area contributed by atoms with Gasteiger partial charge in [-0.25, -0.2) is 13.2 Å². The topological polar surface area (TPSA) is 26.0 Å². The van der Waals surface area contributed by atoms with Crippen LogP contribution >= 0.6 is 0 Å². The minimum atomic E-state index is -0.683. The van der Waals surface area contributed by atoms with Gasteiger partial charge in [-0.05, 0) is 35.4 Å². The standard InChI is InChI=1S/C12H8F3N/c13-9-3-8(4-10(14)6-9)7-1-2-11(15)12(16)5-7/h1-6H,16H2. The molecule has 0 aromatic heterocycles. The highest BCUT2D eigenvalue weighted by Crippen LogP contribution is 2.24. The van der Waals surface area contributed by atoms with Crippen LogP contribution in [0.1, 0.15) is 0 Å². The molecule has 0 aliphatic carbocycles. The smallest absolute Gasteiger partial charge is 0.146 e. The average Bonchev–Trinajstić information content (AvgIpc) is 2.20. The van der Waals surface area contributed by atoms with Gasteiger partial charge in [0.05, 0.1) is 5.69 Å². The number of nitrogen functional groups attached to an aromatic ring is 1. The zero-order valence-electron chi connectivity index (χ0n) is 8.18. The molecule has 2 rings (SSSR count). The van der Waals surface area contributed by atoms with Gasteiger partial charge in [0.25, 0.3) is 0 Å². The van der Waals surface area contributed by atoms with Crippen LogP contribution in [0, 0.1) is 17.5 Å². The average molecular weight is 223 g/mol. The van der Waals surface area contributed by atoms with Crippen LogP contribution in [-0.2, 0) is 0 Å². The molecule has 0 fully saturated rings. The van der Waals surface area contributed by atoms with E-state index in [-0.39, 0.29) is 5.69 Å². The highest BCUT2D eigenvalue weighted by Gasteiger charge is 2.05. The van der Waals surface area contributed by atoms with Crippen molar-refractivity contribution in [1.29, 1.82) is 0 Å². The molecule has 0 aliphatic heterocycles. The Labute approximate surface area is 90.3 Å². The van der Waals surface area contributed by atoms with Crippen molar-refractivity contribution in [2.24, 2.45) is 0 Å². The molecule has 0 amide bonds. The van der Waals surface area contributed by atoms with Crippen LogP contribution in [-0.4, -0.2) is 0 Å². The molecule has 82 valence electrons. The molecule has 0 bridgehead atoms. The maximum atomic E-state index is 12.9. The second-order valence-corrected chi connectivity index (χ2v) is 3.39. The van der Waals surface area contributed by atoms with E-state index in [1.54, 1.807) is 0 Å². The molecular formula is C12H8F3N. The van der Waals surface area contributed by atoms with Crippen molar-refractivity contribution >= 4 is 5.69 Å². The van der Waals surface area contributed by atoms with Crippen LogP contribution in [0.2, 0.25) is 0 Å². The first-order valence-corrected chi connectivity index (χ1v) is 4.58. The van der Waals surface area contributed by atoms with E-state index in [0.29, 0.717) is 11.1 Å². The molecule has 4 heteroatoms. The van der Waals surface area contributed by atoms with Crippen LogP contribution in [0.4, 0.5) is 18.9 Å². The van der Waals surface area contributed by atoms with E-state index >= 15 is 0 Å². The van der Waals surface area contributed by atoms with Crippen LogP contribution in [0.3, 0.4) is 0 Å². The van der Waals surface area contributed by atoms with E-state index in [0.717, 1.165) is 24.3 Å². The Morgan fingerprint density at radius 3 is 1.94 bits per heavy atom. The zero-order valence-corrected chi connectivity index (χ0v) is 8.18. The van der Waals surface area contributed by atoms with Crippen molar-refractivity contribution in [1.82, 2.24) is 0 Å². The summed E-state index contributed by atoms with van der Waals surface area (Å²) in [4.78, 5) is 0. The normalized spacial score (nSPS) is 10.4. The van der Waals surface area contributed by atoms with Gasteiger partial charge in [-0.3, -0.25) is 0 Å². The van der Waals surface area contributed by atoms with Gasteiger partial charge in [0, 0.05) is 6.07 Å². The Morgan fingerprint density at radius 2 is 1.38 bits per heavy atom. The molecule has 0 saturated heterocycles. The largest absolute Gasteiger partial charge is 0.396 e. The van der Waals surface area contributed by atoms with E-state index in [9.17, 15) is 13.2 Å². The summed E-state index contributed by atoms with van der Waals surface area (Å²) in [7, 11) is 0. The van der Waals surface area contributed by atoms with Crippen molar-refractivity contribution in [2.45, 2.75) is 0 Å². The fraction of sp³-hybridized carbons (Fsp3) is 0. The molecule has 0 heterocycles. The third kappa shape index (κ3) is 2.00. The maximum Gasteiger partial charge on any atom is 0.146 e. The first-order valence-electron chi connectivity index (χ1n) is 4.58. The summed E-state index contributed by atoms with van der Waals surface area (Å²) in [5.74, 6) is -1.92. The van der Waals surface area contributed by atoms with E-state index in [4.69, 9.17) is 5.73 Å². The van der Waals surface area contributed by atoms with Gasteiger partial charge in [0.2, 0.25) is 0 Å². The lowest BCUT2D eigenvalue weighted by atomic mass is 10.0. The van der Waals surface area contributed by atoms with Gasteiger partial charge in [-0.1, -0.05) is 6.07 Å². The van der Waals surface area contributed by atoms with Crippen LogP contribution in [0.25, 0.3) is 11.1 Å². The lowest BCUT2D eigenvalue weighted by molar-refractivity contribution is 0.584. The Morgan fingerprint density at radius 1 is 0.750 bits per heavy atom. The summed E-state index contributed by atoms with van der Waals surface area (Å²) in [5.41, 5.74) is 6.11. The molecule has 2 N–H and O–H groups in total. The van der Waals surface area contributed by atoms with Crippen LogP contribution in [0.5, 0.6) is 0 Å². The second-order valence-electron chi connectivity index (χ2n) is 3.39. The Bertz CT molecular complexity index is 518. The van der Waals surface area contributed by atoms with Gasteiger partial charge in [-0.15, -0.1) is 0 Å². The molecule has 2 aromatic carbocycles. The van der Waals surface area contributed by atoms with Gasteiger partial charge in [-0.2, -0.15) is 0 Å². The molecule has 16 heavy (non-hydrogen) atoms. The minimum absolute atomic E-state index is 0.0535. The van der Waals surface area contributed by atoms with Gasteiger partial charge in [0.15, 0.2) is 0 Å².